The van der Waals surface area contributed by atoms with Crippen molar-refractivity contribution >= 4 is 28.5 Å². The van der Waals surface area contributed by atoms with E-state index in [0.717, 1.165) is 6.07 Å². The minimum atomic E-state index is -1.54. The SMILES string of the molecule is CC1(C)OB(c2cc(Br)c(F)c(F)c2F)OC1(C)C. The molecule has 0 aliphatic carbocycles. The summed E-state index contributed by atoms with van der Waals surface area (Å²) < 4.78 is 51.5. The van der Waals surface area contributed by atoms with Crippen LogP contribution in [0.5, 0.6) is 0 Å². The van der Waals surface area contributed by atoms with Crippen LogP contribution in [0, 0.1) is 17.5 Å². The summed E-state index contributed by atoms with van der Waals surface area (Å²) in [6.45, 7) is 7.17. The van der Waals surface area contributed by atoms with Crippen molar-refractivity contribution in [3.63, 3.8) is 0 Å². The van der Waals surface area contributed by atoms with Crippen molar-refractivity contribution in [2.24, 2.45) is 0 Å². The molecule has 0 unspecified atom stereocenters. The van der Waals surface area contributed by atoms with E-state index in [-0.39, 0.29) is 9.94 Å². The van der Waals surface area contributed by atoms with Crippen LogP contribution < -0.4 is 5.46 Å². The van der Waals surface area contributed by atoms with Gasteiger partial charge in [0.15, 0.2) is 17.5 Å². The van der Waals surface area contributed by atoms with Gasteiger partial charge in [-0.2, -0.15) is 0 Å². The monoisotopic (exact) mass is 336 g/mol. The summed E-state index contributed by atoms with van der Waals surface area (Å²) in [5, 5.41) is 0. The average Bonchev–Trinajstić information content (AvgIpc) is 2.50. The fourth-order valence-corrected chi connectivity index (χ4v) is 2.15. The first-order chi connectivity index (χ1) is 8.57. The molecule has 1 aromatic rings. The minimum Gasteiger partial charge on any atom is -0.399 e. The van der Waals surface area contributed by atoms with E-state index in [0.29, 0.717) is 0 Å². The van der Waals surface area contributed by atoms with Crippen molar-refractivity contribution in [2.45, 2.75) is 38.9 Å². The fraction of sp³-hybridized carbons (Fsp3) is 0.500. The highest BCUT2D eigenvalue weighted by molar-refractivity contribution is 9.10. The van der Waals surface area contributed by atoms with Crippen LogP contribution in [0.25, 0.3) is 0 Å². The van der Waals surface area contributed by atoms with Crippen LogP contribution in [0.15, 0.2) is 10.5 Å². The predicted octanol–water partition coefficient (Wildman–Crippen LogP) is 3.17. The molecule has 7 heteroatoms. The second-order valence-electron chi connectivity index (χ2n) is 5.48. The Labute approximate surface area is 118 Å². The number of benzene rings is 1. The Morgan fingerprint density at radius 1 is 0.947 bits per heavy atom. The van der Waals surface area contributed by atoms with Crippen molar-refractivity contribution in [1.29, 1.82) is 0 Å². The zero-order valence-electron chi connectivity index (χ0n) is 11.0. The van der Waals surface area contributed by atoms with Crippen molar-refractivity contribution < 1.29 is 22.5 Å². The van der Waals surface area contributed by atoms with Gasteiger partial charge in [0.1, 0.15) is 0 Å². The first-order valence-corrected chi connectivity index (χ1v) is 6.54. The average molecular weight is 337 g/mol. The van der Waals surface area contributed by atoms with E-state index >= 15 is 0 Å². The highest BCUT2D eigenvalue weighted by Crippen LogP contribution is 2.37. The van der Waals surface area contributed by atoms with Crippen molar-refractivity contribution in [3.8, 4) is 0 Å². The minimum absolute atomic E-state index is 0.163. The van der Waals surface area contributed by atoms with Crippen LogP contribution in [-0.2, 0) is 9.31 Å². The molecule has 2 rings (SSSR count). The van der Waals surface area contributed by atoms with Crippen LogP contribution in [0.4, 0.5) is 13.2 Å². The topological polar surface area (TPSA) is 18.5 Å². The predicted molar refractivity (Wildman–Crippen MR) is 69.7 cm³/mol. The van der Waals surface area contributed by atoms with Crippen LogP contribution in [0.1, 0.15) is 27.7 Å². The molecule has 1 heterocycles. The molecule has 0 aromatic heterocycles. The van der Waals surface area contributed by atoms with Gasteiger partial charge in [-0.05, 0) is 49.7 Å². The Bertz CT molecular complexity index is 518. The normalized spacial score (nSPS) is 20.9. The lowest BCUT2D eigenvalue weighted by Crippen LogP contribution is -2.41. The molecule has 0 N–H and O–H groups in total. The molecule has 1 saturated heterocycles. The Morgan fingerprint density at radius 3 is 1.89 bits per heavy atom. The van der Waals surface area contributed by atoms with Gasteiger partial charge in [-0.3, -0.25) is 0 Å². The quantitative estimate of drug-likeness (QED) is 0.445. The van der Waals surface area contributed by atoms with Gasteiger partial charge in [0.25, 0.3) is 0 Å². The summed E-state index contributed by atoms with van der Waals surface area (Å²) in [6, 6.07) is 1.13. The smallest absolute Gasteiger partial charge is 0.399 e. The Morgan fingerprint density at radius 2 is 1.42 bits per heavy atom. The molecule has 0 spiro atoms. The maximum absolute atomic E-state index is 13.8. The second-order valence-corrected chi connectivity index (χ2v) is 6.33. The van der Waals surface area contributed by atoms with Crippen molar-refractivity contribution in [1.82, 2.24) is 0 Å². The molecule has 104 valence electrons. The molecule has 1 aromatic carbocycles. The molecule has 1 aliphatic rings. The molecule has 19 heavy (non-hydrogen) atoms. The van der Waals surface area contributed by atoms with Gasteiger partial charge < -0.3 is 9.31 Å². The number of halogens is 4. The van der Waals surface area contributed by atoms with E-state index in [4.69, 9.17) is 9.31 Å². The molecule has 0 radical (unpaired) electrons. The zero-order valence-corrected chi connectivity index (χ0v) is 12.6. The summed E-state index contributed by atoms with van der Waals surface area (Å²) in [5.41, 5.74) is -1.52. The largest absolute Gasteiger partial charge is 0.498 e. The highest BCUT2D eigenvalue weighted by atomic mass is 79.9. The summed E-state index contributed by atoms with van der Waals surface area (Å²) in [7, 11) is -1.07. The molecule has 0 saturated carbocycles. The Kier molecular flexibility index (Phi) is 3.52. The maximum atomic E-state index is 13.8. The third-order valence-electron chi connectivity index (χ3n) is 3.64. The van der Waals surface area contributed by atoms with Gasteiger partial charge in [-0.1, -0.05) is 0 Å². The van der Waals surface area contributed by atoms with Crippen molar-refractivity contribution in [2.75, 3.05) is 0 Å². The number of rotatable bonds is 1. The van der Waals surface area contributed by atoms with Gasteiger partial charge >= 0.3 is 7.12 Å². The zero-order chi connectivity index (χ0) is 14.6. The lowest BCUT2D eigenvalue weighted by Gasteiger charge is -2.32. The van der Waals surface area contributed by atoms with Crippen molar-refractivity contribution in [3.05, 3.63) is 28.0 Å². The van der Waals surface area contributed by atoms with Crippen LogP contribution in [0.3, 0.4) is 0 Å². The first-order valence-electron chi connectivity index (χ1n) is 5.75. The summed E-state index contributed by atoms with van der Waals surface area (Å²) in [4.78, 5) is 0. The molecule has 1 fully saturated rings. The van der Waals surface area contributed by atoms with E-state index in [2.05, 4.69) is 15.9 Å². The third kappa shape index (κ3) is 2.32. The van der Waals surface area contributed by atoms with Crippen LogP contribution >= 0.6 is 15.9 Å². The summed E-state index contributed by atoms with van der Waals surface area (Å²) in [6.07, 6.45) is 0. The van der Waals surface area contributed by atoms with Gasteiger partial charge in [-0.15, -0.1) is 0 Å². The Balaban J connectivity index is 2.46. The van der Waals surface area contributed by atoms with Gasteiger partial charge in [-0.25, -0.2) is 13.2 Å². The second kappa shape index (κ2) is 4.50. The highest BCUT2D eigenvalue weighted by Gasteiger charge is 2.52. The van der Waals surface area contributed by atoms with Gasteiger partial charge in [0, 0.05) is 5.46 Å². The molecular weight excluding hydrogens is 324 g/mol. The first kappa shape index (κ1) is 14.9. The number of hydrogen-bond donors (Lipinski definition) is 0. The maximum Gasteiger partial charge on any atom is 0.498 e. The van der Waals surface area contributed by atoms with E-state index in [1.165, 1.54) is 0 Å². The van der Waals surface area contributed by atoms with E-state index in [1.807, 2.05) is 0 Å². The lowest BCUT2D eigenvalue weighted by atomic mass is 9.78. The Hall–Kier alpha value is -0.525. The molecule has 0 atom stereocenters. The van der Waals surface area contributed by atoms with E-state index in [9.17, 15) is 13.2 Å². The third-order valence-corrected chi connectivity index (χ3v) is 4.21. The van der Waals surface area contributed by atoms with Gasteiger partial charge in [0.2, 0.25) is 0 Å². The van der Waals surface area contributed by atoms with Gasteiger partial charge in [0.05, 0.1) is 15.7 Å². The molecule has 0 bridgehead atoms. The lowest BCUT2D eigenvalue weighted by molar-refractivity contribution is 0.00578. The van der Waals surface area contributed by atoms with E-state index in [1.54, 1.807) is 27.7 Å². The summed E-state index contributed by atoms with van der Waals surface area (Å²) in [5.74, 6) is -4.10. The van der Waals surface area contributed by atoms with E-state index < -0.39 is 35.8 Å². The molecule has 2 nitrogen and oxygen atoms in total. The van der Waals surface area contributed by atoms with Crippen LogP contribution in [0.2, 0.25) is 0 Å². The summed E-state index contributed by atoms with van der Waals surface area (Å²) >= 11 is 2.84. The standard InChI is InChI=1S/C12H13BBrF3O2/c1-11(2)12(3,4)19-13(18-11)6-5-7(14)9(16)10(17)8(6)15/h5H,1-4H3. The molecule has 0 amide bonds. The molecule has 1 aliphatic heterocycles. The molecular formula is C12H13BBrF3O2. The fourth-order valence-electron chi connectivity index (χ4n) is 1.73. The van der Waals surface area contributed by atoms with Crippen LogP contribution in [-0.4, -0.2) is 18.3 Å². The number of hydrogen-bond acceptors (Lipinski definition) is 2.